The number of hydrogen-bond donors (Lipinski definition) is 1. The van der Waals surface area contributed by atoms with Crippen molar-refractivity contribution in [2.24, 2.45) is 5.92 Å². The van der Waals surface area contributed by atoms with Crippen molar-refractivity contribution in [3.8, 4) is 0 Å². The summed E-state index contributed by atoms with van der Waals surface area (Å²) in [4.78, 5) is 4.03. The third-order valence-corrected chi connectivity index (χ3v) is 3.59. The van der Waals surface area contributed by atoms with E-state index in [2.05, 4.69) is 10.3 Å². The van der Waals surface area contributed by atoms with Crippen molar-refractivity contribution in [2.45, 2.75) is 32.0 Å². The van der Waals surface area contributed by atoms with Gasteiger partial charge >= 0.3 is 6.18 Å². The van der Waals surface area contributed by atoms with Gasteiger partial charge < -0.3 is 5.32 Å². The molecule has 0 amide bonds. The Morgan fingerprint density at radius 3 is 2.62 bits per heavy atom. The minimum Gasteiger partial charge on any atom is -0.315 e. The van der Waals surface area contributed by atoms with E-state index < -0.39 is 11.9 Å². The zero-order chi connectivity index (χ0) is 11.8. The first kappa shape index (κ1) is 11.9. The normalized spacial score (nSPS) is 16.8. The Hall–Kier alpha value is -0.620. The Kier molecular flexibility index (Phi) is 3.21. The summed E-state index contributed by atoms with van der Waals surface area (Å²) in [6.07, 6.45) is -1.37. The zero-order valence-electron chi connectivity index (χ0n) is 8.90. The van der Waals surface area contributed by atoms with Crippen molar-refractivity contribution in [3.63, 3.8) is 0 Å². The van der Waals surface area contributed by atoms with E-state index in [0.29, 0.717) is 22.2 Å². The van der Waals surface area contributed by atoms with Gasteiger partial charge in [-0.1, -0.05) is 0 Å². The molecule has 1 saturated carbocycles. The van der Waals surface area contributed by atoms with Crippen LogP contribution in [0.3, 0.4) is 0 Å². The lowest BCUT2D eigenvalue weighted by Crippen LogP contribution is -2.12. The Labute approximate surface area is 95.9 Å². The van der Waals surface area contributed by atoms with Gasteiger partial charge in [0.2, 0.25) is 0 Å². The van der Waals surface area contributed by atoms with Crippen LogP contribution in [-0.4, -0.2) is 12.0 Å². The first-order chi connectivity index (χ1) is 7.50. The predicted molar refractivity (Wildman–Crippen MR) is 56.3 cm³/mol. The van der Waals surface area contributed by atoms with Gasteiger partial charge in [0.25, 0.3) is 0 Å². The van der Waals surface area contributed by atoms with Crippen LogP contribution in [0.4, 0.5) is 13.2 Å². The number of nitrogens with one attached hydrogen (secondary N) is 1. The van der Waals surface area contributed by atoms with Gasteiger partial charge in [0.05, 0.1) is 9.88 Å². The third-order valence-electron chi connectivity index (χ3n) is 2.51. The van der Waals surface area contributed by atoms with Crippen LogP contribution >= 0.6 is 11.3 Å². The first-order valence-corrected chi connectivity index (χ1v) is 6.02. The van der Waals surface area contributed by atoms with Gasteiger partial charge in [-0.3, -0.25) is 0 Å². The maximum absolute atomic E-state index is 12.7. The lowest BCUT2D eigenvalue weighted by molar-refractivity contribution is -0.141. The average Bonchev–Trinajstić information content (AvgIpc) is 2.86. The molecule has 0 radical (unpaired) electrons. The van der Waals surface area contributed by atoms with Crippen LogP contribution in [0, 0.1) is 5.92 Å². The molecule has 0 aromatic carbocycles. The van der Waals surface area contributed by atoms with Gasteiger partial charge in [-0.05, 0) is 25.8 Å². The van der Waals surface area contributed by atoms with Crippen LogP contribution < -0.4 is 5.32 Å². The molecule has 1 aliphatic carbocycles. The van der Waals surface area contributed by atoms with Crippen LogP contribution in [-0.2, 0) is 19.1 Å². The number of aromatic nitrogens is 1. The van der Waals surface area contributed by atoms with Crippen molar-refractivity contribution < 1.29 is 13.2 Å². The van der Waals surface area contributed by atoms with Crippen LogP contribution in [0.25, 0.3) is 0 Å². The fourth-order valence-corrected chi connectivity index (χ4v) is 2.77. The smallest absolute Gasteiger partial charge is 0.315 e. The molecule has 1 aromatic rings. The average molecular weight is 250 g/mol. The van der Waals surface area contributed by atoms with E-state index in [9.17, 15) is 13.2 Å². The molecule has 90 valence electrons. The highest BCUT2D eigenvalue weighted by Gasteiger charge is 2.37. The van der Waals surface area contributed by atoms with Gasteiger partial charge in [-0.2, -0.15) is 13.2 Å². The zero-order valence-corrected chi connectivity index (χ0v) is 9.71. The number of thiazole rings is 1. The summed E-state index contributed by atoms with van der Waals surface area (Å²) in [5.41, 5.74) is -0.706. The lowest BCUT2D eigenvalue weighted by Gasteiger charge is -2.04. The first-order valence-electron chi connectivity index (χ1n) is 5.21. The second kappa shape index (κ2) is 4.33. The molecule has 1 aromatic heterocycles. The molecule has 1 fully saturated rings. The standard InChI is InChI=1S/C10H13F3N2S/c1-14-5-7-9(10(11,12)13)15-8(16-7)4-6-2-3-6/h6,14H,2-5H2,1H3. The second-order valence-electron chi connectivity index (χ2n) is 4.05. The van der Waals surface area contributed by atoms with Crippen LogP contribution in [0.15, 0.2) is 0 Å². The summed E-state index contributed by atoms with van der Waals surface area (Å²) in [5, 5.41) is 3.37. The van der Waals surface area contributed by atoms with Crippen molar-refractivity contribution in [1.29, 1.82) is 0 Å². The van der Waals surface area contributed by atoms with Gasteiger partial charge in [0.15, 0.2) is 5.69 Å². The van der Waals surface area contributed by atoms with Gasteiger partial charge in [-0.25, -0.2) is 4.98 Å². The fraction of sp³-hybridized carbons (Fsp3) is 0.700. The Bertz CT molecular complexity index is 369. The van der Waals surface area contributed by atoms with Gasteiger partial charge in [0.1, 0.15) is 0 Å². The van der Waals surface area contributed by atoms with E-state index in [1.54, 1.807) is 7.05 Å². The van der Waals surface area contributed by atoms with E-state index in [-0.39, 0.29) is 6.54 Å². The number of nitrogens with zero attached hydrogens (tertiary/aromatic N) is 1. The third kappa shape index (κ3) is 2.74. The minimum absolute atomic E-state index is 0.233. The van der Waals surface area contributed by atoms with Crippen molar-refractivity contribution in [2.75, 3.05) is 7.05 Å². The molecule has 0 unspecified atom stereocenters. The van der Waals surface area contributed by atoms with E-state index in [1.165, 1.54) is 11.3 Å². The van der Waals surface area contributed by atoms with Crippen molar-refractivity contribution >= 4 is 11.3 Å². The molecule has 0 aliphatic heterocycles. The van der Waals surface area contributed by atoms with Crippen LogP contribution in [0.1, 0.15) is 28.4 Å². The molecule has 16 heavy (non-hydrogen) atoms. The van der Waals surface area contributed by atoms with Crippen molar-refractivity contribution in [1.82, 2.24) is 10.3 Å². The van der Waals surface area contributed by atoms with Crippen LogP contribution in [0.5, 0.6) is 0 Å². The maximum Gasteiger partial charge on any atom is 0.434 e. The summed E-state index contributed by atoms with van der Waals surface area (Å²) >= 11 is 1.19. The molecule has 1 aliphatic rings. The largest absolute Gasteiger partial charge is 0.434 e. The van der Waals surface area contributed by atoms with Gasteiger partial charge in [-0.15, -0.1) is 11.3 Å². The van der Waals surface area contributed by atoms with Crippen molar-refractivity contribution in [3.05, 3.63) is 15.6 Å². The Morgan fingerprint density at radius 2 is 2.12 bits per heavy atom. The topological polar surface area (TPSA) is 24.9 Å². The minimum atomic E-state index is -4.33. The summed E-state index contributed by atoms with van der Waals surface area (Å²) in [6.45, 7) is 0.233. The molecule has 0 bridgehead atoms. The van der Waals surface area contributed by atoms with E-state index >= 15 is 0 Å². The molecule has 2 rings (SSSR count). The summed E-state index contributed by atoms with van der Waals surface area (Å²) in [7, 11) is 1.64. The molecule has 1 heterocycles. The molecule has 6 heteroatoms. The number of rotatable bonds is 4. The highest BCUT2D eigenvalue weighted by molar-refractivity contribution is 7.11. The molecule has 0 spiro atoms. The van der Waals surface area contributed by atoms with Gasteiger partial charge in [0, 0.05) is 13.0 Å². The summed E-state index contributed by atoms with van der Waals surface area (Å²) in [6, 6.07) is 0. The number of alkyl halides is 3. The SMILES string of the molecule is CNCc1sc(CC2CC2)nc1C(F)(F)F. The maximum atomic E-state index is 12.7. The van der Waals surface area contributed by atoms with E-state index in [1.807, 2.05) is 0 Å². The lowest BCUT2D eigenvalue weighted by atomic mass is 10.3. The van der Waals surface area contributed by atoms with E-state index in [4.69, 9.17) is 0 Å². The van der Waals surface area contributed by atoms with E-state index in [0.717, 1.165) is 12.8 Å². The Morgan fingerprint density at radius 1 is 1.44 bits per heavy atom. The summed E-state index contributed by atoms with van der Waals surface area (Å²) in [5.74, 6) is 0.565. The molecule has 2 nitrogen and oxygen atoms in total. The fourth-order valence-electron chi connectivity index (χ4n) is 1.56. The molecule has 0 saturated heterocycles. The monoisotopic (exact) mass is 250 g/mol. The second-order valence-corrected chi connectivity index (χ2v) is 5.22. The highest BCUT2D eigenvalue weighted by Crippen LogP contribution is 2.38. The summed E-state index contributed by atoms with van der Waals surface area (Å²) < 4.78 is 38.0. The number of hydrogen-bond acceptors (Lipinski definition) is 3. The predicted octanol–water partition coefficient (Wildman–Crippen LogP) is 2.83. The number of halogens is 3. The Balaban J connectivity index is 2.21. The molecular formula is C10H13F3N2S. The van der Waals surface area contributed by atoms with Crippen LogP contribution in [0.2, 0.25) is 0 Å². The molecule has 1 N–H and O–H groups in total. The highest BCUT2D eigenvalue weighted by atomic mass is 32.1. The molecule has 0 atom stereocenters. The molecular weight excluding hydrogens is 237 g/mol. The quantitative estimate of drug-likeness (QED) is 0.888.